The van der Waals surface area contributed by atoms with Gasteiger partial charge in [0.25, 0.3) is 0 Å². The van der Waals surface area contributed by atoms with E-state index in [1.54, 1.807) is 11.3 Å². The first kappa shape index (κ1) is 11.8. The van der Waals surface area contributed by atoms with Gasteiger partial charge in [0.1, 0.15) is 6.10 Å². The van der Waals surface area contributed by atoms with E-state index in [9.17, 15) is 5.11 Å². The molecule has 88 valence electrons. The summed E-state index contributed by atoms with van der Waals surface area (Å²) < 4.78 is 5.34. The van der Waals surface area contributed by atoms with Gasteiger partial charge in [-0.3, -0.25) is 0 Å². The molecule has 1 atom stereocenters. The number of aliphatic hydroxyl groups is 1. The van der Waals surface area contributed by atoms with E-state index in [4.69, 9.17) is 4.74 Å². The fourth-order valence-electron chi connectivity index (χ4n) is 1.68. The topological polar surface area (TPSA) is 41.5 Å². The van der Waals surface area contributed by atoms with Crippen molar-refractivity contribution in [3.05, 3.63) is 34.0 Å². The van der Waals surface area contributed by atoms with Crippen LogP contribution in [0.25, 0.3) is 0 Å². The van der Waals surface area contributed by atoms with Gasteiger partial charge in [-0.2, -0.15) is 0 Å². The van der Waals surface area contributed by atoms with E-state index in [1.165, 1.54) is 5.57 Å². The summed E-state index contributed by atoms with van der Waals surface area (Å²) in [6.45, 7) is 2.96. The zero-order valence-electron chi connectivity index (χ0n) is 9.19. The Morgan fingerprint density at radius 1 is 1.56 bits per heavy atom. The van der Waals surface area contributed by atoms with Gasteiger partial charge in [-0.1, -0.05) is 12.1 Å². The van der Waals surface area contributed by atoms with Crippen LogP contribution in [-0.2, 0) is 4.74 Å². The van der Waals surface area contributed by atoms with Crippen LogP contribution in [0.1, 0.15) is 17.4 Å². The first-order valence-corrected chi connectivity index (χ1v) is 6.42. The molecule has 1 unspecified atom stereocenters. The highest BCUT2D eigenvalue weighted by Gasteiger charge is 2.08. The van der Waals surface area contributed by atoms with E-state index in [2.05, 4.69) is 11.4 Å². The van der Waals surface area contributed by atoms with E-state index < -0.39 is 6.10 Å². The largest absolute Gasteiger partial charge is 0.386 e. The van der Waals surface area contributed by atoms with Crippen molar-refractivity contribution in [1.82, 2.24) is 5.32 Å². The van der Waals surface area contributed by atoms with Crippen molar-refractivity contribution in [3.8, 4) is 0 Å². The third-order valence-corrected chi connectivity index (χ3v) is 3.52. The van der Waals surface area contributed by atoms with Gasteiger partial charge < -0.3 is 15.2 Å². The van der Waals surface area contributed by atoms with Crippen molar-refractivity contribution >= 4 is 11.3 Å². The summed E-state index contributed by atoms with van der Waals surface area (Å²) in [4.78, 5) is 1.02. The van der Waals surface area contributed by atoms with Crippen LogP contribution in [0.3, 0.4) is 0 Å². The van der Waals surface area contributed by atoms with Gasteiger partial charge >= 0.3 is 0 Å². The second kappa shape index (κ2) is 6.15. The van der Waals surface area contributed by atoms with E-state index in [-0.39, 0.29) is 0 Å². The molecule has 0 radical (unpaired) electrons. The Morgan fingerprint density at radius 2 is 2.50 bits per heavy atom. The molecule has 0 aromatic carbocycles. The summed E-state index contributed by atoms with van der Waals surface area (Å²) in [6.07, 6.45) is 2.82. The Morgan fingerprint density at radius 3 is 3.19 bits per heavy atom. The van der Waals surface area contributed by atoms with Gasteiger partial charge in [-0.15, -0.1) is 11.3 Å². The summed E-state index contributed by atoms with van der Waals surface area (Å²) in [7, 11) is 0. The summed E-state index contributed by atoms with van der Waals surface area (Å²) in [5.74, 6) is 0. The van der Waals surface area contributed by atoms with Crippen molar-refractivity contribution in [2.75, 3.05) is 26.3 Å². The molecule has 1 aromatic rings. The Labute approximate surface area is 99.8 Å². The van der Waals surface area contributed by atoms with Crippen molar-refractivity contribution in [2.24, 2.45) is 0 Å². The molecule has 1 aliphatic rings. The molecule has 3 nitrogen and oxygen atoms in total. The minimum absolute atomic E-state index is 0.398. The molecule has 1 aliphatic heterocycles. The van der Waals surface area contributed by atoms with Crippen LogP contribution < -0.4 is 5.32 Å². The predicted octanol–water partition coefficient (Wildman–Crippen LogP) is 1.72. The van der Waals surface area contributed by atoms with E-state index in [0.29, 0.717) is 6.54 Å². The number of nitrogens with one attached hydrogen (secondary N) is 1. The molecule has 0 fully saturated rings. The van der Waals surface area contributed by atoms with Gasteiger partial charge in [0.05, 0.1) is 13.2 Å². The average molecular weight is 239 g/mol. The van der Waals surface area contributed by atoms with Gasteiger partial charge in [0.2, 0.25) is 0 Å². The molecule has 0 spiro atoms. The number of rotatable bonds is 5. The normalized spacial score (nSPS) is 18.2. The Kier molecular flexibility index (Phi) is 4.54. The zero-order valence-corrected chi connectivity index (χ0v) is 10.0. The van der Waals surface area contributed by atoms with Gasteiger partial charge in [-0.25, -0.2) is 0 Å². The molecule has 0 amide bonds. The van der Waals surface area contributed by atoms with Gasteiger partial charge in [-0.05, 0) is 23.4 Å². The van der Waals surface area contributed by atoms with Crippen LogP contribution in [0, 0.1) is 0 Å². The minimum Gasteiger partial charge on any atom is -0.386 e. The van der Waals surface area contributed by atoms with Gasteiger partial charge in [0.15, 0.2) is 0 Å². The first-order valence-electron chi connectivity index (χ1n) is 5.54. The number of hydrogen-bond acceptors (Lipinski definition) is 4. The van der Waals surface area contributed by atoms with Crippen LogP contribution >= 0.6 is 11.3 Å². The van der Waals surface area contributed by atoms with Crippen molar-refractivity contribution in [2.45, 2.75) is 12.5 Å². The SMILES string of the molecule is OC(CNCC1=CCCOC1)c1cccs1. The second-order valence-corrected chi connectivity index (χ2v) is 4.85. The molecular weight excluding hydrogens is 222 g/mol. The van der Waals surface area contributed by atoms with Crippen molar-refractivity contribution in [1.29, 1.82) is 0 Å². The standard InChI is InChI=1S/C12H17NO2S/c14-11(12-4-2-6-16-12)8-13-7-10-3-1-5-15-9-10/h2-4,6,11,13-14H,1,5,7-9H2. The fourth-order valence-corrected chi connectivity index (χ4v) is 2.39. The van der Waals surface area contributed by atoms with E-state index >= 15 is 0 Å². The van der Waals surface area contributed by atoms with Crippen LogP contribution in [0.2, 0.25) is 0 Å². The highest BCUT2D eigenvalue weighted by Crippen LogP contribution is 2.17. The molecule has 2 heterocycles. The van der Waals surface area contributed by atoms with E-state index in [1.807, 2.05) is 17.5 Å². The first-order chi connectivity index (χ1) is 7.86. The lowest BCUT2D eigenvalue weighted by molar-refractivity contribution is 0.146. The average Bonchev–Trinajstić information content (AvgIpc) is 2.84. The molecule has 2 N–H and O–H groups in total. The Balaban J connectivity index is 1.69. The molecule has 16 heavy (non-hydrogen) atoms. The molecule has 0 saturated heterocycles. The number of aliphatic hydroxyl groups excluding tert-OH is 1. The van der Waals surface area contributed by atoms with Crippen LogP contribution in [-0.4, -0.2) is 31.4 Å². The molecule has 0 aliphatic carbocycles. The Hall–Kier alpha value is -0.680. The summed E-state index contributed by atoms with van der Waals surface area (Å²) in [6, 6.07) is 3.92. The molecule has 1 aromatic heterocycles. The maximum Gasteiger partial charge on any atom is 0.101 e. The molecule has 0 saturated carbocycles. The van der Waals surface area contributed by atoms with Gasteiger partial charge in [0, 0.05) is 18.0 Å². The lowest BCUT2D eigenvalue weighted by atomic mass is 10.2. The quantitative estimate of drug-likeness (QED) is 0.769. The molecule has 2 rings (SSSR count). The maximum absolute atomic E-state index is 9.84. The monoisotopic (exact) mass is 239 g/mol. The van der Waals surface area contributed by atoms with Crippen molar-refractivity contribution < 1.29 is 9.84 Å². The highest BCUT2D eigenvalue weighted by molar-refractivity contribution is 7.10. The van der Waals surface area contributed by atoms with Crippen molar-refractivity contribution in [3.63, 3.8) is 0 Å². The zero-order chi connectivity index (χ0) is 11.2. The Bertz CT molecular complexity index is 335. The summed E-state index contributed by atoms with van der Waals surface area (Å²) in [5.41, 5.74) is 1.28. The molecular formula is C12H17NO2S. The van der Waals surface area contributed by atoms with Crippen LogP contribution in [0.4, 0.5) is 0 Å². The lowest BCUT2D eigenvalue weighted by Gasteiger charge is -2.15. The second-order valence-electron chi connectivity index (χ2n) is 3.87. The summed E-state index contributed by atoms with van der Waals surface area (Å²) >= 11 is 1.59. The number of hydrogen-bond donors (Lipinski definition) is 2. The summed E-state index contributed by atoms with van der Waals surface area (Å²) in [5, 5.41) is 15.1. The van der Waals surface area contributed by atoms with Crippen LogP contribution in [0.15, 0.2) is 29.2 Å². The predicted molar refractivity (Wildman–Crippen MR) is 65.7 cm³/mol. The number of thiophene rings is 1. The third-order valence-electron chi connectivity index (χ3n) is 2.54. The third kappa shape index (κ3) is 3.42. The molecule has 0 bridgehead atoms. The molecule has 4 heteroatoms. The fraction of sp³-hybridized carbons (Fsp3) is 0.500. The maximum atomic E-state index is 9.84. The lowest BCUT2D eigenvalue weighted by Crippen LogP contribution is -2.25. The minimum atomic E-state index is -0.398. The van der Waals surface area contributed by atoms with Crippen LogP contribution in [0.5, 0.6) is 0 Å². The number of ether oxygens (including phenoxy) is 1. The van der Waals surface area contributed by atoms with E-state index in [0.717, 1.165) is 31.1 Å². The smallest absolute Gasteiger partial charge is 0.101 e. The highest BCUT2D eigenvalue weighted by atomic mass is 32.1.